The number of hydrogen-bond acceptors (Lipinski definition) is 5. The van der Waals surface area contributed by atoms with E-state index in [1.807, 2.05) is 0 Å². The maximum atomic E-state index is 12.2. The third-order valence-electron chi connectivity index (χ3n) is 4.96. The fourth-order valence-electron chi connectivity index (χ4n) is 3.62. The minimum absolute atomic E-state index is 0.102. The first-order valence-corrected chi connectivity index (χ1v) is 8.78. The summed E-state index contributed by atoms with van der Waals surface area (Å²) < 4.78 is 0. The van der Waals surface area contributed by atoms with Gasteiger partial charge >= 0.3 is 0 Å². The molecule has 8 heteroatoms. The Kier molecular flexibility index (Phi) is 5.44. The molecule has 24 heavy (non-hydrogen) atoms. The monoisotopic (exact) mass is 334 g/mol. The SMILES string of the molecule is C[C@@H]1CCC[C@@H](NC(=O)CN2CCN(C(=O)c3cn[nH]n3)CC2)C1. The van der Waals surface area contributed by atoms with Crippen molar-refractivity contribution in [1.82, 2.24) is 30.5 Å². The van der Waals surface area contributed by atoms with Gasteiger partial charge in [-0.2, -0.15) is 15.4 Å². The Morgan fingerprint density at radius 2 is 2.08 bits per heavy atom. The summed E-state index contributed by atoms with van der Waals surface area (Å²) in [4.78, 5) is 28.3. The molecule has 1 saturated heterocycles. The van der Waals surface area contributed by atoms with Crippen molar-refractivity contribution in [3.63, 3.8) is 0 Å². The summed E-state index contributed by atoms with van der Waals surface area (Å²) in [7, 11) is 0. The van der Waals surface area contributed by atoms with Crippen LogP contribution in [-0.4, -0.2) is 75.8 Å². The molecule has 8 nitrogen and oxygen atoms in total. The molecular formula is C16H26N6O2. The number of carbonyl (C=O) groups excluding carboxylic acids is 2. The van der Waals surface area contributed by atoms with E-state index in [0.29, 0.717) is 50.4 Å². The molecule has 2 N–H and O–H groups in total. The van der Waals surface area contributed by atoms with Crippen molar-refractivity contribution in [1.29, 1.82) is 0 Å². The molecule has 3 rings (SSSR count). The molecule has 0 unspecified atom stereocenters. The third-order valence-corrected chi connectivity index (χ3v) is 4.96. The summed E-state index contributed by atoms with van der Waals surface area (Å²) in [6.07, 6.45) is 6.10. The molecule has 1 aliphatic carbocycles. The number of nitrogens with one attached hydrogen (secondary N) is 2. The van der Waals surface area contributed by atoms with Crippen molar-refractivity contribution in [3.05, 3.63) is 11.9 Å². The Morgan fingerprint density at radius 3 is 2.75 bits per heavy atom. The minimum Gasteiger partial charge on any atom is -0.352 e. The van der Waals surface area contributed by atoms with Crippen LogP contribution < -0.4 is 5.32 Å². The molecule has 0 radical (unpaired) electrons. The Bertz CT molecular complexity index is 553. The van der Waals surface area contributed by atoms with E-state index in [2.05, 4.69) is 32.6 Å². The number of carbonyl (C=O) groups is 2. The number of aromatic nitrogens is 3. The molecule has 0 bridgehead atoms. The topological polar surface area (TPSA) is 94.2 Å². The molecule has 0 aromatic carbocycles. The third kappa shape index (κ3) is 4.31. The van der Waals surface area contributed by atoms with Crippen LogP contribution in [0.1, 0.15) is 43.1 Å². The summed E-state index contributed by atoms with van der Waals surface area (Å²) in [5, 5.41) is 13.1. The number of aromatic amines is 1. The van der Waals surface area contributed by atoms with Crippen LogP contribution in [0.2, 0.25) is 0 Å². The molecule has 132 valence electrons. The van der Waals surface area contributed by atoms with E-state index in [-0.39, 0.29) is 11.8 Å². The van der Waals surface area contributed by atoms with E-state index in [9.17, 15) is 9.59 Å². The molecular weight excluding hydrogens is 308 g/mol. The molecule has 2 atom stereocenters. The lowest BCUT2D eigenvalue weighted by molar-refractivity contribution is -0.123. The van der Waals surface area contributed by atoms with Crippen molar-refractivity contribution in [2.75, 3.05) is 32.7 Å². The van der Waals surface area contributed by atoms with Gasteiger partial charge in [-0.05, 0) is 18.8 Å². The lowest BCUT2D eigenvalue weighted by atomic mass is 9.87. The highest BCUT2D eigenvalue weighted by Crippen LogP contribution is 2.23. The van der Waals surface area contributed by atoms with Gasteiger partial charge in [-0.3, -0.25) is 14.5 Å². The number of nitrogens with zero attached hydrogens (tertiary/aromatic N) is 4. The fraction of sp³-hybridized carbons (Fsp3) is 0.750. The lowest BCUT2D eigenvalue weighted by Crippen LogP contribution is -2.52. The summed E-state index contributed by atoms with van der Waals surface area (Å²) in [5.74, 6) is 0.699. The van der Waals surface area contributed by atoms with E-state index in [1.54, 1.807) is 4.90 Å². The number of hydrogen-bond donors (Lipinski definition) is 2. The van der Waals surface area contributed by atoms with Crippen molar-refractivity contribution in [3.8, 4) is 0 Å². The second-order valence-electron chi connectivity index (χ2n) is 6.96. The Morgan fingerprint density at radius 1 is 1.29 bits per heavy atom. The smallest absolute Gasteiger partial charge is 0.276 e. The van der Waals surface area contributed by atoms with E-state index < -0.39 is 0 Å². The molecule has 2 heterocycles. The Hall–Kier alpha value is -1.96. The number of piperazine rings is 1. The van der Waals surface area contributed by atoms with E-state index in [4.69, 9.17) is 0 Å². The maximum Gasteiger partial charge on any atom is 0.276 e. The van der Waals surface area contributed by atoms with E-state index in [1.165, 1.54) is 19.0 Å². The molecule has 2 amide bonds. The average Bonchev–Trinajstić information content (AvgIpc) is 3.09. The molecule has 2 fully saturated rings. The van der Waals surface area contributed by atoms with Crippen LogP contribution in [-0.2, 0) is 4.79 Å². The highest BCUT2D eigenvalue weighted by Gasteiger charge is 2.26. The summed E-state index contributed by atoms with van der Waals surface area (Å²) in [6, 6.07) is 0.330. The van der Waals surface area contributed by atoms with Gasteiger partial charge in [-0.25, -0.2) is 0 Å². The van der Waals surface area contributed by atoms with Crippen LogP contribution >= 0.6 is 0 Å². The first kappa shape index (κ1) is 16.9. The molecule has 1 aliphatic heterocycles. The quantitative estimate of drug-likeness (QED) is 0.823. The molecule has 1 aromatic rings. The predicted molar refractivity (Wildman–Crippen MR) is 88.3 cm³/mol. The second-order valence-corrected chi connectivity index (χ2v) is 6.96. The van der Waals surface area contributed by atoms with Gasteiger partial charge in [0.2, 0.25) is 5.91 Å². The van der Waals surface area contributed by atoms with E-state index >= 15 is 0 Å². The van der Waals surface area contributed by atoms with Gasteiger partial charge in [-0.15, -0.1) is 0 Å². The normalized spacial score (nSPS) is 25.5. The molecule has 1 aromatic heterocycles. The maximum absolute atomic E-state index is 12.2. The Balaban J connectivity index is 1.40. The van der Waals surface area contributed by atoms with Gasteiger partial charge in [0.15, 0.2) is 5.69 Å². The van der Waals surface area contributed by atoms with Crippen LogP contribution in [0.5, 0.6) is 0 Å². The second kappa shape index (κ2) is 7.74. The van der Waals surface area contributed by atoms with Crippen LogP contribution in [0.25, 0.3) is 0 Å². The summed E-state index contributed by atoms with van der Waals surface area (Å²) in [5.41, 5.74) is 0.340. The van der Waals surface area contributed by atoms with Gasteiger partial charge < -0.3 is 10.2 Å². The van der Waals surface area contributed by atoms with Gasteiger partial charge in [0.05, 0.1) is 12.7 Å². The average molecular weight is 334 g/mol. The van der Waals surface area contributed by atoms with E-state index in [0.717, 1.165) is 12.8 Å². The van der Waals surface area contributed by atoms with Crippen molar-refractivity contribution < 1.29 is 9.59 Å². The van der Waals surface area contributed by atoms with Gasteiger partial charge in [0, 0.05) is 32.2 Å². The first-order chi connectivity index (χ1) is 11.6. The summed E-state index contributed by atoms with van der Waals surface area (Å²) >= 11 is 0. The van der Waals surface area contributed by atoms with Crippen LogP contribution in [0, 0.1) is 5.92 Å². The minimum atomic E-state index is -0.107. The molecule has 2 aliphatic rings. The molecule has 1 saturated carbocycles. The summed E-state index contributed by atoms with van der Waals surface area (Å²) in [6.45, 7) is 5.30. The first-order valence-electron chi connectivity index (χ1n) is 8.78. The van der Waals surface area contributed by atoms with Gasteiger partial charge in [-0.1, -0.05) is 19.8 Å². The largest absolute Gasteiger partial charge is 0.352 e. The number of H-pyrrole nitrogens is 1. The zero-order chi connectivity index (χ0) is 16.9. The van der Waals surface area contributed by atoms with Crippen molar-refractivity contribution in [2.45, 2.75) is 38.6 Å². The van der Waals surface area contributed by atoms with Crippen LogP contribution in [0.3, 0.4) is 0 Å². The highest BCUT2D eigenvalue weighted by molar-refractivity contribution is 5.92. The van der Waals surface area contributed by atoms with Gasteiger partial charge in [0.1, 0.15) is 0 Å². The fourth-order valence-corrected chi connectivity index (χ4v) is 3.62. The van der Waals surface area contributed by atoms with Gasteiger partial charge in [0.25, 0.3) is 5.91 Å². The lowest BCUT2D eigenvalue weighted by Gasteiger charge is -2.34. The van der Waals surface area contributed by atoms with Crippen molar-refractivity contribution in [2.24, 2.45) is 5.92 Å². The molecule has 0 spiro atoms. The highest BCUT2D eigenvalue weighted by atomic mass is 16.2. The predicted octanol–water partition coefficient (Wildman–Crippen LogP) is 0.257. The standard InChI is InChI=1S/C16H26N6O2/c1-12-3-2-4-13(9-12)18-15(23)11-21-5-7-22(8-6-21)16(24)14-10-17-20-19-14/h10,12-13H,2-9,11H2,1H3,(H,18,23)(H,17,19,20)/t12-,13-/m1/s1. The van der Waals surface area contributed by atoms with Crippen LogP contribution in [0.4, 0.5) is 0 Å². The van der Waals surface area contributed by atoms with Crippen molar-refractivity contribution >= 4 is 11.8 Å². The zero-order valence-electron chi connectivity index (χ0n) is 14.2. The van der Waals surface area contributed by atoms with Crippen LogP contribution in [0.15, 0.2) is 6.20 Å². The Labute approximate surface area is 142 Å². The number of rotatable bonds is 4. The number of amides is 2. The zero-order valence-corrected chi connectivity index (χ0v) is 14.2.